The molecular weight excluding hydrogens is 270 g/mol. The number of aromatic carboxylic acids is 1. The van der Waals surface area contributed by atoms with Crippen LogP contribution in [0.5, 0.6) is 0 Å². The number of benzene rings is 1. The highest BCUT2D eigenvalue weighted by molar-refractivity contribution is 9.10. The molecule has 0 aromatic heterocycles. The van der Waals surface area contributed by atoms with Crippen molar-refractivity contribution >= 4 is 27.6 Å². The van der Waals surface area contributed by atoms with E-state index in [0.29, 0.717) is 5.56 Å². The van der Waals surface area contributed by atoms with Crippen LogP contribution in [0.4, 0.5) is 5.69 Å². The lowest BCUT2D eigenvalue weighted by Gasteiger charge is -2.25. The summed E-state index contributed by atoms with van der Waals surface area (Å²) in [6.45, 7) is 0.940. The maximum atomic E-state index is 10.9. The lowest BCUT2D eigenvalue weighted by atomic mass is 9.85. The van der Waals surface area contributed by atoms with Crippen LogP contribution in [0, 0.1) is 5.92 Å². The minimum absolute atomic E-state index is 0.311. The first-order chi connectivity index (χ1) is 7.65. The van der Waals surface area contributed by atoms with Crippen molar-refractivity contribution in [2.24, 2.45) is 5.92 Å². The summed E-state index contributed by atoms with van der Waals surface area (Å²) in [7, 11) is 0. The number of carboxylic acid groups (broad SMARTS) is 1. The molecule has 2 rings (SSSR count). The van der Waals surface area contributed by atoms with Gasteiger partial charge in [-0.15, -0.1) is 0 Å². The van der Waals surface area contributed by atoms with Crippen molar-refractivity contribution in [3.05, 3.63) is 28.2 Å². The van der Waals surface area contributed by atoms with E-state index >= 15 is 0 Å². The highest BCUT2D eigenvalue weighted by Gasteiger charge is 2.16. The van der Waals surface area contributed by atoms with Crippen LogP contribution in [0.1, 0.15) is 29.6 Å². The van der Waals surface area contributed by atoms with E-state index in [0.717, 1.165) is 22.6 Å². The first-order valence-corrected chi connectivity index (χ1v) is 6.22. The lowest BCUT2D eigenvalue weighted by Crippen LogP contribution is -2.21. The number of rotatable bonds is 4. The van der Waals surface area contributed by atoms with Gasteiger partial charge in [0.25, 0.3) is 0 Å². The Balaban J connectivity index is 2.04. The Labute approximate surface area is 103 Å². The van der Waals surface area contributed by atoms with Crippen LogP contribution in [-0.2, 0) is 0 Å². The maximum Gasteiger partial charge on any atom is 0.335 e. The maximum absolute atomic E-state index is 10.9. The molecule has 86 valence electrons. The Morgan fingerprint density at radius 1 is 1.44 bits per heavy atom. The van der Waals surface area contributed by atoms with Gasteiger partial charge in [0.05, 0.1) is 5.56 Å². The number of carbonyl (C=O) groups is 1. The number of halogens is 1. The number of hydrogen-bond acceptors (Lipinski definition) is 2. The number of anilines is 1. The van der Waals surface area contributed by atoms with Crippen LogP contribution in [-0.4, -0.2) is 17.6 Å². The van der Waals surface area contributed by atoms with Crippen LogP contribution in [0.15, 0.2) is 22.7 Å². The largest absolute Gasteiger partial charge is 0.478 e. The third-order valence-electron chi connectivity index (χ3n) is 2.96. The standard InChI is InChI=1S/C12H14BrNO2/c13-10-4-9(12(15)16)5-11(6-10)14-7-8-2-1-3-8/h4-6,8,14H,1-3,7H2,(H,15,16). The van der Waals surface area contributed by atoms with E-state index in [1.165, 1.54) is 19.3 Å². The molecule has 1 aliphatic rings. The van der Waals surface area contributed by atoms with Gasteiger partial charge >= 0.3 is 5.97 Å². The molecule has 1 fully saturated rings. The normalized spacial score (nSPS) is 15.6. The van der Waals surface area contributed by atoms with Crippen molar-refractivity contribution in [1.82, 2.24) is 0 Å². The summed E-state index contributed by atoms with van der Waals surface area (Å²) in [5.74, 6) is -0.139. The highest BCUT2D eigenvalue weighted by atomic mass is 79.9. The predicted molar refractivity (Wildman–Crippen MR) is 66.9 cm³/mol. The third-order valence-corrected chi connectivity index (χ3v) is 3.42. The second-order valence-electron chi connectivity index (χ2n) is 4.21. The summed E-state index contributed by atoms with van der Waals surface area (Å²) in [6, 6.07) is 5.19. The second-order valence-corrected chi connectivity index (χ2v) is 5.13. The molecule has 1 aromatic carbocycles. The van der Waals surface area contributed by atoms with Crippen LogP contribution in [0.3, 0.4) is 0 Å². The second kappa shape index (κ2) is 4.87. The van der Waals surface area contributed by atoms with Gasteiger partial charge in [-0.3, -0.25) is 0 Å². The van der Waals surface area contributed by atoms with Gasteiger partial charge in [0.2, 0.25) is 0 Å². The van der Waals surface area contributed by atoms with E-state index in [2.05, 4.69) is 21.2 Å². The zero-order valence-electron chi connectivity index (χ0n) is 8.87. The van der Waals surface area contributed by atoms with Crippen molar-refractivity contribution < 1.29 is 9.90 Å². The van der Waals surface area contributed by atoms with Gasteiger partial charge < -0.3 is 10.4 Å². The van der Waals surface area contributed by atoms with Gasteiger partial charge in [0, 0.05) is 16.7 Å². The topological polar surface area (TPSA) is 49.3 Å². The fourth-order valence-corrected chi connectivity index (χ4v) is 2.27. The summed E-state index contributed by atoms with van der Waals surface area (Å²) in [6.07, 6.45) is 3.89. The van der Waals surface area contributed by atoms with E-state index in [9.17, 15) is 4.79 Å². The van der Waals surface area contributed by atoms with Crippen molar-refractivity contribution in [3.63, 3.8) is 0 Å². The molecule has 3 nitrogen and oxygen atoms in total. The molecule has 0 spiro atoms. The summed E-state index contributed by atoms with van der Waals surface area (Å²) in [4.78, 5) is 10.9. The minimum Gasteiger partial charge on any atom is -0.478 e. The fraction of sp³-hybridized carbons (Fsp3) is 0.417. The summed E-state index contributed by atoms with van der Waals surface area (Å²) in [5.41, 5.74) is 1.18. The fourth-order valence-electron chi connectivity index (χ4n) is 1.77. The Hall–Kier alpha value is -1.03. The average Bonchev–Trinajstić information content (AvgIpc) is 2.14. The quantitative estimate of drug-likeness (QED) is 0.891. The van der Waals surface area contributed by atoms with Crippen LogP contribution in [0.2, 0.25) is 0 Å². The van der Waals surface area contributed by atoms with E-state index in [1.54, 1.807) is 12.1 Å². The number of carboxylic acids is 1. The molecule has 0 aliphatic heterocycles. The monoisotopic (exact) mass is 283 g/mol. The van der Waals surface area contributed by atoms with Gasteiger partial charge in [0.15, 0.2) is 0 Å². The number of nitrogens with one attached hydrogen (secondary N) is 1. The molecule has 1 aliphatic carbocycles. The summed E-state index contributed by atoms with van der Waals surface area (Å²) >= 11 is 3.32. The zero-order valence-corrected chi connectivity index (χ0v) is 10.5. The van der Waals surface area contributed by atoms with Gasteiger partial charge in [-0.25, -0.2) is 4.79 Å². The van der Waals surface area contributed by atoms with Gasteiger partial charge in [-0.2, -0.15) is 0 Å². The van der Waals surface area contributed by atoms with Crippen LogP contribution in [0.25, 0.3) is 0 Å². The van der Waals surface area contributed by atoms with E-state index in [1.807, 2.05) is 6.07 Å². The molecule has 0 atom stereocenters. The minimum atomic E-state index is -0.895. The first-order valence-electron chi connectivity index (χ1n) is 5.43. The number of hydrogen-bond donors (Lipinski definition) is 2. The van der Waals surface area contributed by atoms with Gasteiger partial charge in [-0.05, 0) is 37.0 Å². The van der Waals surface area contributed by atoms with E-state index in [-0.39, 0.29) is 0 Å². The summed E-state index contributed by atoms with van der Waals surface area (Å²) in [5, 5.41) is 12.2. The molecule has 0 amide bonds. The molecular formula is C12H14BrNO2. The van der Waals surface area contributed by atoms with Crippen LogP contribution >= 0.6 is 15.9 Å². The molecule has 0 unspecified atom stereocenters. The smallest absolute Gasteiger partial charge is 0.335 e. The average molecular weight is 284 g/mol. The van der Waals surface area contributed by atoms with E-state index in [4.69, 9.17) is 5.11 Å². The zero-order chi connectivity index (χ0) is 11.5. The molecule has 4 heteroatoms. The lowest BCUT2D eigenvalue weighted by molar-refractivity contribution is 0.0697. The van der Waals surface area contributed by atoms with Crippen molar-refractivity contribution in [1.29, 1.82) is 0 Å². The van der Waals surface area contributed by atoms with Crippen molar-refractivity contribution in [2.45, 2.75) is 19.3 Å². The Morgan fingerprint density at radius 3 is 2.75 bits per heavy atom. The molecule has 0 bridgehead atoms. The highest BCUT2D eigenvalue weighted by Crippen LogP contribution is 2.27. The third kappa shape index (κ3) is 2.76. The molecule has 1 saturated carbocycles. The molecule has 0 radical (unpaired) electrons. The predicted octanol–water partition coefficient (Wildman–Crippen LogP) is 3.36. The Bertz CT molecular complexity index is 402. The van der Waals surface area contributed by atoms with Crippen molar-refractivity contribution in [2.75, 3.05) is 11.9 Å². The molecule has 16 heavy (non-hydrogen) atoms. The Kier molecular flexibility index (Phi) is 3.49. The SMILES string of the molecule is O=C(O)c1cc(Br)cc(NCC2CCC2)c1. The molecule has 2 N–H and O–H groups in total. The van der Waals surface area contributed by atoms with Crippen molar-refractivity contribution in [3.8, 4) is 0 Å². The van der Waals surface area contributed by atoms with Gasteiger partial charge in [0.1, 0.15) is 0 Å². The molecule has 0 heterocycles. The first kappa shape index (κ1) is 11.5. The van der Waals surface area contributed by atoms with Crippen LogP contribution < -0.4 is 5.32 Å². The molecule has 0 saturated heterocycles. The summed E-state index contributed by atoms with van der Waals surface area (Å²) < 4.78 is 0.795. The molecule has 1 aromatic rings. The van der Waals surface area contributed by atoms with E-state index < -0.39 is 5.97 Å². The Morgan fingerprint density at radius 2 is 2.19 bits per heavy atom. The van der Waals surface area contributed by atoms with Gasteiger partial charge in [-0.1, -0.05) is 22.4 Å².